The molecule has 0 saturated heterocycles. The first-order valence-electron chi connectivity index (χ1n) is 6.71. The lowest BCUT2D eigenvalue weighted by Gasteiger charge is -2.08. The van der Waals surface area contributed by atoms with Crippen molar-refractivity contribution in [2.24, 2.45) is 5.14 Å². The molecule has 6 nitrogen and oxygen atoms in total. The second-order valence-corrected chi connectivity index (χ2v) is 8.07. The molecular formula is C15H12ClNO5S2. The normalized spacial score (nSPS) is 12.1. The van der Waals surface area contributed by atoms with Crippen molar-refractivity contribution in [2.75, 3.05) is 0 Å². The summed E-state index contributed by atoms with van der Waals surface area (Å²) in [7, 11) is -6.54. The summed E-state index contributed by atoms with van der Waals surface area (Å²) >= 11 is 6.02. The molecule has 0 radical (unpaired) electrons. The number of nitrogens with two attached hydrogens (primary N) is 1. The van der Waals surface area contributed by atoms with Crippen LogP contribution in [0.1, 0.15) is 5.56 Å². The zero-order valence-electron chi connectivity index (χ0n) is 12.1. The Morgan fingerprint density at radius 1 is 1.08 bits per heavy atom. The molecule has 9 heteroatoms. The summed E-state index contributed by atoms with van der Waals surface area (Å²) < 4.78 is 50.1. The van der Waals surface area contributed by atoms with Crippen LogP contribution in [0.25, 0.3) is 22.1 Å². The van der Waals surface area contributed by atoms with Gasteiger partial charge in [0.05, 0.1) is 5.75 Å². The van der Waals surface area contributed by atoms with E-state index in [1.54, 1.807) is 36.4 Å². The van der Waals surface area contributed by atoms with Crippen LogP contribution in [0, 0.1) is 0 Å². The first-order valence-corrected chi connectivity index (χ1v) is 10.00. The third-order valence-corrected chi connectivity index (χ3v) is 5.05. The molecule has 0 bridgehead atoms. The van der Waals surface area contributed by atoms with Crippen LogP contribution in [0.2, 0.25) is 5.02 Å². The molecule has 0 aliphatic heterocycles. The predicted molar refractivity (Wildman–Crippen MR) is 92.1 cm³/mol. The molecule has 0 spiro atoms. The summed E-state index contributed by atoms with van der Waals surface area (Å²) in [5.41, 5.74) is 2.31. The first-order chi connectivity index (χ1) is 11.2. The molecule has 3 aromatic rings. The van der Waals surface area contributed by atoms with Crippen LogP contribution in [-0.2, 0) is 26.5 Å². The average Bonchev–Trinajstić information content (AvgIpc) is 2.92. The Morgan fingerprint density at radius 3 is 2.50 bits per heavy atom. The van der Waals surface area contributed by atoms with Gasteiger partial charge >= 0.3 is 0 Å². The van der Waals surface area contributed by atoms with Gasteiger partial charge in [0.1, 0.15) is 16.3 Å². The lowest BCUT2D eigenvalue weighted by atomic mass is 9.99. The molecule has 1 heterocycles. The number of hydrogen-bond acceptors (Lipinski definition) is 5. The van der Waals surface area contributed by atoms with E-state index in [1.807, 2.05) is 0 Å². The van der Waals surface area contributed by atoms with Crippen molar-refractivity contribution in [1.29, 1.82) is 0 Å². The number of sulfonamides is 1. The van der Waals surface area contributed by atoms with E-state index in [0.717, 1.165) is 0 Å². The van der Waals surface area contributed by atoms with Gasteiger partial charge in [-0.15, -0.1) is 0 Å². The van der Waals surface area contributed by atoms with Crippen LogP contribution < -0.4 is 5.14 Å². The highest BCUT2D eigenvalue weighted by atomic mass is 35.5. The summed E-state index contributed by atoms with van der Waals surface area (Å²) in [6.07, 6.45) is 0. The number of primary sulfonamides is 1. The minimum atomic E-state index is -3.94. The molecule has 0 aliphatic carbocycles. The van der Waals surface area contributed by atoms with E-state index in [2.05, 4.69) is 0 Å². The fourth-order valence-electron chi connectivity index (χ4n) is 2.42. The number of furan rings is 1. The van der Waals surface area contributed by atoms with E-state index in [0.29, 0.717) is 32.7 Å². The predicted octanol–water partition coefficient (Wildman–Crippen LogP) is 2.51. The molecule has 0 fully saturated rings. The third-order valence-electron chi connectivity index (χ3n) is 3.46. The highest BCUT2D eigenvalue weighted by molar-refractivity contribution is 7.89. The number of thiol groups is 1. The van der Waals surface area contributed by atoms with Gasteiger partial charge in [-0.2, -0.15) is 0 Å². The van der Waals surface area contributed by atoms with Crippen molar-refractivity contribution in [3.63, 3.8) is 0 Å². The highest BCUT2D eigenvalue weighted by Gasteiger charge is 2.15. The van der Waals surface area contributed by atoms with Crippen molar-refractivity contribution >= 4 is 43.3 Å². The summed E-state index contributed by atoms with van der Waals surface area (Å²) in [6.45, 7) is 0. The molecule has 3 rings (SSSR count). The van der Waals surface area contributed by atoms with E-state index < -0.39 is 20.7 Å². The lowest BCUT2D eigenvalue weighted by Crippen LogP contribution is -2.10. The van der Waals surface area contributed by atoms with Gasteiger partial charge in [-0.25, -0.2) is 22.0 Å². The Kier molecular flexibility index (Phi) is 4.39. The van der Waals surface area contributed by atoms with Gasteiger partial charge in [-0.05, 0) is 41.0 Å². The van der Waals surface area contributed by atoms with Crippen molar-refractivity contribution < 1.29 is 21.3 Å². The van der Waals surface area contributed by atoms with Crippen LogP contribution in [0.15, 0.2) is 52.0 Å². The van der Waals surface area contributed by atoms with Gasteiger partial charge in [0.25, 0.3) is 10.0 Å². The Balaban J connectivity index is 2.18. The minimum Gasteiger partial charge on any atom is -0.443 e. The molecule has 2 N–H and O–H groups in total. The molecule has 0 atom stereocenters. The van der Waals surface area contributed by atoms with E-state index in [-0.39, 0.29) is 10.8 Å². The van der Waals surface area contributed by atoms with E-state index in [4.69, 9.17) is 21.2 Å². The van der Waals surface area contributed by atoms with Crippen molar-refractivity contribution in [3.05, 3.63) is 53.1 Å². The smallest absolute Gasteiger partial charge is 0.271 e. The lowest BCUT2D eigenvalue weighted by molar-refractivity contribution is 0.482. The minimum absolute atomic E-state index is 0.117. The van der Waals surface area contributed by atoms with Gasteiger partial charge in [0, 0.05) is 16.5 Å². The Hall–Kier alpha value is -1.87. The molecule has 1 aromatic heterocycles. The average molecular weight is 386 g/mol. The van der Waals surface area contributed by atoms with Crippen LogP contribution in [-0.4, -0.2) is 16.8 Å². The Morgan fingerprint density at radius 2 is 1.83 bits per heavy atom. The molecular weight excluding hydrogens is 374 g/mol. The fourth-order valence-corrected chi connectivity index (χ4v) is 3.64. The number of benzene rings is 2. The van der Waals surface area contributed by atoms with E-state index in [9.17, 15) is 16.8 Å². The summed E-state index contributed by atoms with van der Waals surface area (Å²) in [4.78, 5) is 0. The maximum atomic E-state index is 11.4. The third kappa shape index (κ3) is 3.46. The largest absolute Gasteiger partial charge is 0.443 e. The van der Waals surface area contributed by atoms with Crippen LogP contribution >= 0.6 is 11.6 Å². The highest BCUT2D eigenvalue weighted by Crippen LogP contribution is 2.31. The number of rotatable bonds is 4. The van der Waals surface area contributed by atoms with Crippen LogP contribution in [0.4, 0.5) is 0 Å². The van der Waals surface area contributed by atoms with Crippen molar-refractivity contribution in [2.45, 2.75) is 10.8 Å². The maximum absolute atomic E-state index is 11.4. The molecule has 0 unspecified atom stereocenters. The van der Waals surface area contributed by atoms with E-state index >= 15 is 0 Å². The second-order valence-electron chi connectivity index (χ2n) is 5.16. The van der Waals surface area contributed by atoms with Gasteiger partial charge in [-0.3, -0.25) is 0 Å². The Labute approximate surface area is 144 Å². The van der Waals surface area contributed by atoms with Crippen LogP contribution in [0.5, 0.6) is 0 Å². The first kappa shape index (κ1) is 17.0. The molecule has 24 heavy (non-hydrogen) atoms. The molecule has 2 aromatic carbocycles. The zero-order valence-corrected chi connectivity index (χ0v) is 14.6. The van der Waals surface area contributed by atoms with Gasteiger partial charge in [0.15, 0.2) is 0 Å². The Bertz CT molecular complexity index is 1110. The number of halogens is 1. The standard InChI is InChI=1S/C15H12ClNO5S2/c16-12-3-1-10(8-23(18)19)13(7-12)9-2-4-14-11(5-9)6-15(22-14)24(17,20)21/h1-7,23H,8H2,(H2,17,20,21). The van der Waals surface area contributed by atoms with Gasteiger partial charge in [-0.1, -0.05) is 23.7 Å². The van der Waals surface area contributed by atoms with Crippen molar-refractivity contribution in [1.82, 2.24) is 0 Å². The molecule has 0 amide bonds. The quantitative estimate of drug-likeness (QED) is 0.671. The molecule has 0 aliphatic rings. The van der Waals surface area contributed by atoms with E-state index in [1.165, 1.54) is 6.07 Å². The van der Waals surface area contributed by atoms with Crippen molar-refractivity contribution in [3.8, 4) is 11.1 Å². The van der Waals surface area contributed by atoms with Crippen LogP contribution in [0.3, 0.4) is 0 Å². The fraction of sp³-hybridized carbons (Fsp3) is 0.0667. The second kappa shape index (κ2) is 6.21. The number of hydrogen-bond donors (Lipinski definition) is 2. The topological polar surface area (TPSA) is 107 Å². The maximum Gasteiger partial charge on any atom is 0.271 e. The monoisotopic (exact) mass is 385 g/mol. The van der Waals surface area contributed by atoms with Gasteiger partial charge < -0.3 is 4.42 Å². The summed E-state index contributed by atoms with van der Waals surface area (Å²) in [6, 6.07) is 11.3. The summed E-state index contributed by atoms with van der Waals surface area (Å²) in [5, 5.41) is 5.73. The molecule has 0 saturated carbocycles. The summed E-state index contributed by atoms with van der Waals surface area (Å²) in [5.74, 6) is -0.117. The molecule has 126 valence electrons. The number of fused-ring (bicyclic) bond motifs is 1. The van der Waals surface area contributed by atoms with Gasteiger partial charge in [0.2, 0.25) is 5.09 Å². The zero-order chi connectivity index (χ0) is 17.5. The SMILES string of the molecule is NS(=O)(=O)c1cc2cc(-c3cc(Cl)ccc3C[SH](=O)=O)ccc2o1.